The third kappa shape index (κ3) is 4.20. The Bertz CT molecular complexity index is 939. The summed E-state index contributed by atoms with van der Waals surface area (Å²) in [6.07, 6.45) is 0. The van der Waals surface area contributed by atoms with E-state index >= 15 is 0 Å². The number of amides is 1. The van der Waals surface area contributed by atoms with Gasteiger partial charge in [0.15, 0.2) is 5.13 Å². The third-order valence-electron chi connectivity index (χ3n) is 3.84. The summed E-state index contributed by atoms with van der Waals surface area (Å²) in [5, 5.41) is 5.19. The molecule has 0 unspecified atom stereocenters. The van der Waals surface area contributed by atoms with Crippen molar-refractivity contribution in [1.29, 1.82) is 0 Å². The van der Waals surface area contributed by atoms with Crippen molar-refractivity contribution in [3.05, 3.63) is 53.4 Å². The van der Waals surface area contributed by atoms with E-state index in [-0.39, 0.29) is 5.91 Å². The lowest BCUT2D eigenvalue weighted by molar-refractivity contribution is 0.102. The van der Waals surface area contributed by atoms with E-state index < -0.39 is 0 Å². The number of carbonyl (C=O) groups is 1. The second-order valence-corrected chi connectivity index (χ2v) is 6.35. The molecule has 1 N–H and O–H groups in total. The number of nitrogens with zero attached hydrogens (tertiary/aromatic N) is 1. The maximum Gasteiger partial charge on any atom is 0.261 e. The van der Waals surface area contributed by atoms with Crippen LogP contribution in [0.15, 0.2) is 47.8 Å². The number of thiazole rings is 1. The van der Waals surface area contributed by atoms with Gasteiger partial charge in [-0.2, -0.15) is 0 Å². The number of anilines is 1. The first-order chi connectivity index (χ1) is 13.2. The van der Waals surface area contributed by atoms with Crippen molar-refractivity contribution in [3.8, 4) is 28.5 Å². The molecule has 0 saturated carbocycles. The van der Waals surface area contributed by atoms with Gasteiger partial charge in [0.1, 0.15) is 17.2 Å². The van der Waals surface area contributed by atoms with Crippen LogP contribution in [0.25, 0.3) is 11.3 Å². The van der Waals surface area contributed by atoms with Gasteiger partial charge in [0, 0.05) is 10.9 Å². The van der Waals surface area contributed by atoms with Crippen molar-refractivity contribution >= 4 is 22.4 Å². The summed E-state index contributed by atoms with van der Waals surface area (Å²) in [4.78, 5) is 17.2. The van der Waals surface area contributed by atoms with Gasteiger partial charge in [0.25, 0.3) is 5.91 Å². The topological polar surface area (TPSA) is 69.7 Å². The minimum atomic E-state index is -0.315. The highest BCUT2D eigenvalue weighted by molar-refractivity contribution is 7.14. The van der Waals surface area contributed by atoms with Crippen LogP contribution in [-0.2, 0) is 0 Å². The molecule has 0 fully saturated rings. The molecule has 6 nitrogen and oxygen atoms in total. The molecule has 1 aromatic heterocycles. The fourth-order valence-electron chi connectivity index (χ4n) is 2.57. The average molecular weight is 384 g/mol. The van der Waals surface area contributed by atoms with Crippen LogP contribution < -0.4 is 19.5 Å². The molecule has 0 spiro atoms. The highest BCUT2D eigenvalue weighted by Gasteiger charge is 2.16. The Balaban J connectivity index is 1.83. The minimum absolute atomic E-state index is 0.315. The van der Waals surface area contributed by atoms with Crippen LogP contribution in [0.4, 0.5) is 5.13 Å². The van der Waals surface area contributed by atoms with Crippen molar-refractivity contribution in [2.45, 2.75) is 6.92 Å². The van der Waals surface area contributed by atoms with E-state index in [0.717, 1.165) is 17.0 Å². The highest BCUT2D eigenvalue weighted by Crippen LogP contribution is 2.32. The van der Waals surface area contributed by atoms with Gasteiger partial charge in [-0.15, -0.1) is 11.3 Å². The van der Waals surface area contributed by atoms with E-state index in [1.54, 1.807) is 25.3 Å². The van der Waals surface area contributed by atoms with Gasteiger partial charge >= 0.3 is 0 Å². The van der Waals surface area contributed by atoms with Gasteiger partial charge in [-0.05, 0) is 37.3 Å². The Hall–Kier alpha value is -3.06. The molecule has 3 rings (SSSR count). The number of carbonyl (C=O) groups excluding carboxylic acids is 1. The molecule has 1 amide bonds. The van der Waals surface area contributed by atoms with Gasteiger partial charge in [-0.1, -0.05) is 12.1 Å². The molecule has 0 aliphatic heterocycles. The van der Waals surface area contributed by atoms with Crippen LogP contribution in [0.5, 0.6) is 17.2 Å². The molecule has 140 valence electrons. The van der Waals surface area contributed by atoms with Crippen molar-refractivity contribution in [2.24, 2.45) is 0 Å². The predicted molar refractivity (Wildman–Crippen MR) is 106 cm³/mol. The summed E-state index contributed by atoms with van der Waals surface area (Å²) in [6, 6.07) is 12.7. The van der Waals surface area contributed by atoms with Crippen molar-refractivity contribution < 1.29 is 19.0 Å². The van der Waals surface area contributed by atoms with Crippen LogP contribution in [0.1, 0.15) is 17.3 Å². The number of hydrogen-bond acceptors (Lipinski definition) is 6. The predicted octanol–water partition coefficient (Wildman–Crippen LogP) is 4.48. The van der Waals surface area contributed by atoms with Gasteiger partial charge in [0.05, 0.1) is 32.1 Å². The second-order valence-electron chi connectivity index (χ2n) is 5.49. The van der Waals surface area contributed by atoms with Crippen molar-refractivity contribution in [2.75, 3.05) is 26.1 Å². The fourth-order valence-corrected chi connectivity index (χ4v) is 3.28. The van der Waals surface area contributed by atoms with E-state index in [4.69, 9.17) is 14.2 Å². The maximum absolute atomic E-state index is 12.7. The molecule has 2 aromatic carbocycles. The number of para-hydroxylation sites is 1. The Morgan fingerprint density at radius 3 is 2.67 bits per heavy atom. The maximum atomic E-state index is 12.7. The number of aromatic nitrogens is 1. The van der Waals surface area contributed by atoms with Gasteiger partial charge < -0.3 is 14.2 Å². The number of methoxy groups -OCH3 is 2. The van der Waals surface area contributed by atoms with E-state index in [1.807, 2.05) is 36.6 Å². The zero-order chi connectivity index (χ0) is 19.2. The molecule has 0 aliphatic carbocycles. The highest BCUT2D eigenvalue weighted by atomic mass is 32.1. The third-order valence-corrected chi connectivity index (χ3v) is 4.60. The van der Waals surface area contributed by atoms with Gasteiger partial charge in [0.2, 0.25) is 0 Å². The standard InChI is InChI=1S/C20H20N2O4S/c1-4-26-18-8-6-5-7-14(18)16-12-27-20(21-16)22-19(23)15-11-13(24-2)9-10-17(15)25-3/h5-12H,4H2,1-3H3,(H,21,22,23). The SMILES string of the molecule is CCOc1ccccc1-c1csc(NC(=O)c2cc(OC)ccc2OC)n1. The molecule has 0 atom stereocenters. The molecular weight excluding hydrogens is 364 g/mol. The zero-order valence-electron chi connectivity index (χ0n) is 15.3. The van der Waals surface area contributed by atoms with E-state index in [9.17, 15) is 4.79 Å². The number of hydrogen-bond donors (Lipinski definition) is 1. The van der Waals surface area contributed by atoms with Crippen LogP contribution >= 0.6 is 11.3 Å². The zero-order valence-corrected chi connectivity index (χ0v) is 16.1. The molecular formula is C20H20N2O4S. The second kappa shape index (κ2) is 8.55. The van der Waals surface area contributed by atoms with Crippen LogP contribution in [0.2, 0.25) is 0 Å². The number of nitrogens with one attached hydrogen (secondary N) is 1. The lowest BCUT2D eigenvalue weighted by atomic mass is 10.1. The van der Waals surface area contributed by atoms with Gasteiger partial charge in [-0.3, -0.25) is 10.1 Å². The largest absolute Gasteiger partial charge is 0.497 e. The molecule has 1 heterocycles. The number of ether oxygens (including phenoxy) is 3. The van der Waals surface area contributed by atoms with E-state index in [1.165, 1.54) is 18.4 Å². The van der Waals surface area contributed by atoms with Crippen LogP contribution in [-0.4, -0.2) is 31.7 Å². The first-order valence-electron chi connectivity index (χ1n) is 8.37. The summed E-state index contributed by atoms with van der Waals surface area (Å²) >= 11 is 1.35. The molecule has 0 aliphatic rings. The molecule has 3 aromatic rings. The average Bonchev–Trinajstić information content (AvgIpc) is 3.16. The number of benzene rings is 2. The first kappa shape index (κ1) is 18.7. The van der Waals surface area contributed by atoms with E-state index in [0.29, 0.717) is 28.8 Å². The molecule has 27 heavy (non-hydrogen) atoms. The summed E-state index contributed by atoms with van der Waals surface area (Å²) in [6.45, 7) is 2.51. The van der Waals surface area contributed by atoms with Crippen molar-refractivity contribution in [3.63, 3.8) is 0 Å². The number of rotatable bonds is 7. The van der Waals surface area contributed by atoms with Crippen LogP contribution in [0, 0.1) is 0 Å². The molecule has 7 heteroatoms. The molecule has 0 bridgehead atoms. The summed E-state index contributed by atoms with van der Waals surface area (Å²) in [5.41, 5.74) is 2.01. The Morgan fingerprint density at radius 2 is 1.93 bits per heavy atom. The lowest BCUT2D eigenvalue weighted by Crippen LogP contribution is -2.13. The smallest absolute Gasteiger partial charge is 0.261 e. The quantitative estimate of drug-likeness (QED) is 0.650. The summed E-state index contributed by atoms with van der Waals surface area (Å²) in [7, 11) is 3.07. The fraction of sp³-hybridized carbons (Fsp3) is 0.200. The van der Waals surface area contributed by atoms with Crippen LogP contribution in [0.3, 0.4) is 0 Å². The molecule has 0 saturated heterocycles. The normalized spacial score (nSPS) is 10.3. The first-order valence-corrected chi connectivity index (χ1v) is 9.25. The Morgan fingerprint density at radius 1 is 1.11 bits per heavy atom. The van der Waals surface area contributed by atoms with Crippen molar-refractivity contribution in [1.82, 2.24) is 4.98 Å². The minimum Gasteiger partial charge on any atom is -0.497 e. The van der Waals surface area contributed by atoms with Gasteiger partial charge in [-0.25, -0.2) is 4.98 Å². The van der Waals surface area contributed by atoms with E-state index in [2.05, 4.69) is 10.3 Å². The summed E-state index contributed by atoms with van der Waals surface area (Å²) in [5.74, 6) is 1.49. The summed E-state index contributed by atoms with van der Waals surface area (Å²) < 4.78 is 16.1. The molecule has 0 radical (unpaired) electrons. The Kier molecular flexibility index (Phi) is 5.93. The monoisotopic (exact) mass is 384 g/mol. The lowest BCUT2D eigenvalue weighted by Gasteiger charge is -2.10. The Labute approximate surface area is 161 Å².